The molecule has 0 radical (unpaired) electrons. The van der Waals surface area contributed by atoms with Gasteiger partial charge in [0.2, 0.25) is 9.70 Å². The number of carboxylic acid groups (broad SMARTS) is 1. The standard InChI is InChI=1S/C14H16Cl3N3O3S2/c1-6(21)18-12(14(15,16)17)20-13(24)19-10-9(11(22)23)7-4-2-3-5-8(7)25-10/h12H,2-5H2,1H3,(H,18,21)(H,22,23)(H2,19,20,24). The number of halogens is 3. The first-order chi connectivity index (χ1) is 11.6. The molecule has 1 heterocycles. The van der Waals surface area contributed by atoms with Crippen molar-refractivity contribution < 1.29 is 14.7 Å². The number of amides is 1. The molecule has 2 rings (SSSR count). The fraction of sp³-hybridized carbons (Fsp3) is 0.500. The van der Waals surface area contributed by atoms with E-state index in [0.29, 0.717) is 5.00 Å². The molecular formula is C14H16Cl3N3O3S2. The number of carbonyl (C=O) groups is 2. The fourth-order valence-electron chi connectivity index (χ4n) is 2.55. The summed E-state index contributed by atoms with van der Waals surface area (Å²) in [6.45, 7) is 1.28. The van der Waals surface area contributed by atoms with Crippen LogP contribution in [0.25, 0.3) is 0 Å². The Balaban J connectivity index is 2.18. The van der Waals surface area contributed by atoms with Gasteiger partial charge in [-0.05, 0) is 43.5 Å². The third kappa shape index (κ3) is 5.34. The van der Waals surface area contributed by atoms with Crippen LogP contribution in [-0.2, 0) is 17.6 Å². The van der Waals surface area contributed by atoms with E-state index in [4.69, 9.17) is 47.0 Å². The van der Waals surface area contributed by atoms with Gasteiger partial charge in [-0.25, -0.2) is 4.79 Å². The van der Waals surface area contributed by atoms with Crippen LogP contribution in [0.1, 0.15) is 40.6 Å². The quantitative estimate of drug-likeness (QED) is 0.323. The number of thiophene rings is 1. The van der Waals surface area contributed by atoms with Crippen molar-refractivity contribution in [1.29, 1.82) is 0 Å². The maximum absolute atomic E-state index is 11.6. The number of aromatic carboxylic acids is 1. The number of alkyl halides is 3. The number of fused-ring (bicyclic) bond motifs is 1. The normalized spacial score (nSPS) is 15.0. The van der Waals surface area contributed by atoms with Crippen LogP contribution in [0.4, 0.5) is 5.00 Å². The lowest BCUT2D eigenvalue weighted by molar-refractivity contribution is -0.119. The molecule has 0 aliphatic heterocycles. The minimum Gasteiger partial charge on any atom is -0.478 e. The second-order valence-electron chi connectivity index (χ2n) is 5.49. The summed E-state index contributed by atoms with van der Waals surface area (Å²) in [6, 6.07) is 0. The zero-order valence-corrected chi connectivity index (χ0v) is 17.0. The molecule has 0 spiro atoms. The Morgan fingerprint density at radius 1 is 1.24 bits per heavy atom. The monoisotopic (exact) mass is 443 g/mol. The molecule has 6 nitrogen and oxygen atoms in total. The van der Waals surface area contributed by atoms with Crippen molar-refractivity contribution in [3.63, 3.8) is 0 Å². The second kappa shape index (κ2) is 8.26. The van der Waals surface area contributed by atoms with Gasteiger partial charge in [-0.15, -0.1) is 11.3 Å². The van der Waals surface area contributed by atoms with E-state index in [1.165, 1.54) is 18.3 Å². The van der Waals surface area contributed by atoms with Crippen LogP contribution in [0.3, 0.4) is 0 Å². The van der Waals surface area contributed by atoms with Crippen LogP contribution in [0.5, 0.6) is 0 Å². The summed E-state index contributed by atoms with van der Waals surface area (Å²) < 4.78 is -1.85. The Kier molecular flexibility index (Phi) is 6.78. The summed E-state index contributed by atoms with van der Waals surface area (Å²) in [4.78, 5) is 23.9. The molecule has 0 fully saturated rings. The SMILES string of the molecule is CC(=O)NC(NC(=S)Nc1sc2c(c1C(=O)O)CCCC2)C(Cl)(Cl)Cl. The first-order valence-electron chi connectivity index (χ1n) is 7.38. The summed E-state index contributed by atoms with van der Waals surface area (Å²) in [5.41, 5.74) is 1.09. The van der Waals surface area contributed by atoms with Gasteiger partial charge in [0.25, 0.3) is 0 Å². The van der Waals surface area contributed by atoms with Gasteiger partial charge in [0.05, 0.1) is 5.56 Å². The highest BCUT2D eigenvalue weighted by molar-refractivity contribution is 7.80. The molecular weight excluding hydrogens is 429 g/mol. The lowest BCUT2D eigenvalue weighted by atomic mass is 9.95. The third-order valence-electron chi connectivity index (χ3n) is 3.56. The first kappa shape index (κ1) is 20.5. The number of thiocarbonyl (C=S) groups is 1. The van der Waals surface area contributed by atoms with Crippen LogP contribution in [-0.4, -0.2) is 32.1 Å². The first-order valence-corrected chi connectivity index (χ1v) is 9.74. The van der Waals surface area contributed by atoms with E-state index in [9.17, 15) is 14.7 Å². The van der Waals surface area contributed by atoms with E-state index >= 15 is 0 Å². The molecule has 1 aromatic heterocycles. The minimum atomic E-state index is -1.85. The second-order valence-corrected chi connectivity index (χ2v) is 9.38. The van der Waals surface area contributed by atoms with Crippen LogP contribution in [0.2, 0.25) is 0 Å². The molecule has 1 aromatic rings. The highest BCUT2D eigenvalue weighted by atomic mass is 35.6. The topological polar surface area (TPSA) is 90.5 Å². The van der Waals surface area contributed by atoms with Gasteiger partial charge >= 0.3 is 5.97 Å². The smallest absolute Gasteiger partial charge is 0.339 e. The summed E-state index contributed by atoms with van der Waals surface area (Å²) in [6.07, 6.45) is 2.51. The summed E-state index contributed by atoms with van der Waals surface area (Å²) in [5, 5.41) is 18.0. The number of hydrogen-bond acceptors (Lipinski definition) is 4. The van der Waals surface area contributed by atoms with Gasteiger partial charge in [-0.1, -0.05) is 34.8 Å². The van der Waals surface area contributed by atoms with Gasteiger partial charge in [-0.3, -0.25) is 4.79 Å². The van der Waals surface area contributed by atoms with Crippen molar-refractivity contribution in [2.24, 2.45) is 0 Å². The molecule has 0 saturated heterocycles. The Labute approximate surface area is 169 Å². The average Bonchev–Trinajstić information content (AvgIpc) is 2.82. The van der Waals surface area contributed by atoms with Crippen molar-refractivity contribution >= 4 is 80.3 Å². The molecule has 1 aliphatic carbocycles. The molecule has 0 bridgehead atoms. The van der Waals surface area contributed by atoms with E-state index in [0.717, 1.165) is 36.1 Å². The van der Waals surface area contributed by atoms with Crippen LogP contribution < -0.4 is 16.0 Å². The zero-order valence-electron chi connectivity index (χ0n) is 13.1. The predicted molar refractivity (Wildman–Crippen MR) is 105 cm³/mol. The van der Waals surface area contributed by atoms with Crippen LogP contribution >= 0.6 is 58.4 Å². The van der Waals surface area contributed by atoms with Gasteiger partial charge in [0.1, 0.15) is 11.2 Å². The summed E-state index contributed by atoms with van der Waals surface area (Å²) in [5.74, 6) is -1.42. The number of anilines is 1. The van der Waals surface area contributed by atoms with Crippen LogP contribution in [0, 0.1) is 0 Å². The molecule has 1 amide bonds. The highest BCUT2D eigenvalue weighted by Crippen LogP contribution is 2.38. The number of rotatable bonds is 4. The zero-order chi connectivity index (χ0) is 18.8. The van der Waals surface area contributed by atoms with Crippen molar-refractivity contribution in [2.45, 2.75) is 42.6 Å². The molecule has 1 aliphatic rings. The van der Waals surface area contributed by atoms with Crippen molar-refractivity contribution in [1.82, 2.24) is 10.6 Å². The largest absolute Gasteiger partial charge is 0.478 e. The van der Waals surface area contributed by atoms with Crippen molar-refractivity contribution in [2.75, 3.05) is 5.32 Å². The fourth-order valence-corrected chi connectivity index (χ4v) is 4.45. The highest BCUT2D eigenvalue weighted by Gasteiger charge is 2.34. The van der Waals surface area contributed by atoms with Gasteiger partial charge in [0.15, 0.2) is 5.11 Å². The Bertz CT molecular complexity index is 703. The number of hydrogen-bond donors (Lipinski definition) is 4. The van der Waals surface area contributed by atoms with Gasteiger partial charge < -0.3 is 21.1 Å². The summed E-state index contributed by atoms with van der Waals surface area (Å²) >= 11 is 24.0. The van der Waals surface area contributed by atoms with E-state index in [-0.39, 0.29) is 10.7 Å². The summed E-state index contributed by atoms with van der Waals surface area (Å²) in [7, 11) is 0. The molecule has 4 N–H and O–H groups in total. The van der Waals surface area contributed by atoms with E-state index < -0.39 is 21.8 Å². The lowest BCUT2D eigenvalue weighted by Crippen LogP contribution is -2.55. The van der Waals surface area contributed by atoms with Crippen molar-refractivity contribution in [3.8, 4) is 0 Å². The predicted octanol–water partition coefficient (Wildman–Crippen LogP) is 3.44. The Hall–Kier alpha value is -0.800. The number of carboxylic acids is 1. The molecule has 0 aromatic carbocycles. The van der Waals surface area contributed by atoms with Crippen molar-refractivity contribution in [3.05, 3.63) is 16.0 Å². The van der Waals surface area contributed by atoms with Crippen LogP contribution in [0.15, 0.2) is 0 Å². The average molecular weight is 445 g/mol. The molecule has 1 atom stereocenters. The number of aryl methyl sites for hydroxylation is 1. The molecule has 1 unspecified atom stereocenters. The maximum atomic E-state index is 11.6. The third-order valence-corrected chi connectivity index (χ3v) is 5.64. The molecule has 25 heavy (non-hydrogen) atoms. The maximum Gasteiger partial charge on any atom is 0.339 e. The van der Waals surface area contributed by atoms with E-state index in [2.05, 4.69) is 16.0 Å². The van der Waals surface area contributed by atoms with Gasteiger partial charge in [0, 0.05) is 11.8 Å². The van der Waals surface area contributed by atoms with E-state index in [1.807, 2.05) is 0 Å². The molecule has 138 valence electrons. The minimum absolute atomic E-state index is 0.0474. The number of carbonyl (C=O) groups excluding carboxylic acids is 1. The molecule has 11 heteroatoms. The Morgan fingerprint density at radius 3 is 2.44 bits per heavy atom. The van der Waals surface area contributed by atoms with E-state index in [1.54, 1.807) is 0 Å². The number of nitrogens with one attached hydrogen (secondary N) is 3. The van der Waals surface area contributed by atoms with Gasteiger partial charge in [-0.2, -0.15) is 0 Å². The Morgan fingerprint density at radius 2 is 1.88 bits per heavy atom. The molecule has 0 saturated carbocycles. The lowest BCUT2D eigenvalue weighted by Gasteiger charge is -2.27.